The Morgan fingerprint density at radius 2 is 1.79 bits per heavy atom. The number of aliphatic carboxylic acids is 1. The molecule has 2 N–H and O–H groups in total. The maximum absolute atomic E-state index is 13.0. The fourth-order valence-corrected chi connectivity index (χ4v) is 4.78. The van der Waals surface area contributed by atoms with Crippen LogP contribution in [0.1, 0.15) is 63.6 Å². The molecule has 0 radical (unpaired) electrons. The Labute approximate surface area is 224 Å². The molecular weight excluding hydrogens is 476 g/mol. The van der Waals surface area contributed by atoms with Gasteiger partial charge in [0.05, 0.1) is 0 Å². The highest BCUT2D eigenvalue weighted by Crippen LogP contribution is 2.28. The Kier molecular flexibility index (Phi) is 8.20. The standard InChI is InChI=1S/C32H36N2O4/c1-20(2)25-8-6-7-24(16-25)13-14-33-32(37)26-10-12-30-29(17-26)22(4)23(5)34(30)18-27-9-11-28(15-21(27)3)38-19-31(35)36/h6-12,15-17,20H,13-14,18-19H2,1-5H3,(H,33,37)(H,35,36). The van der Waals surface area contributed by atoms with Gasteiger partial charge in [0.25, 0.3) is 5.91 Å². The highest BCUT2D eigenvalue weighted by atomic mass is 16.5. The van der Waals surface area contributed by atoms with E-state index in [0.717, 1.165) is 39.7 Å². The van der Waals surface area contributed by atoms with Gasteiger partial charge in [0.2, 0.25) is 0 Å². The molecule has 0 atom stereocenters. The van der Waals surface area contributed by atoms with Crippen LogP contribution in [0.2, 0.25) is 0 Å². The van der Waals surface area contributed by atoms with Crippen LogP contribution in [0.15, 0.2) is 60.7 Å². The number of rotatable bonds is 10. The molecule has 0 saturated heterocycles. The number of fused-ring (bicyclic) bond motifs is 1. The quantitative estimate of drug-likeness (QED) is 0.266. The molecule has 0 fully saturated rings. The minimum absolute atomic E-state index is 0.0653. The number of carboxylic acids is 1. The van der Waals surface area contributed by atoms with Gasteiger partial charge in [-0.3, -0.25) is 4.79 Å². The van der Waals surface area contributed by atoms with E-state index in [1.54, 1.807) is 6.07 Å². The largest absolute Gasteiger partial charge is 0.482 e. The Hall–Kier alpha value is -4.06. The molecule has 1 heterocycles. The first-order valence-electron chi connectivity index (χ1n) is 13.0. The number of aromatic nitrogens is 1. The molecule has 0 spiro atoms. The molecule has 0 saturated carbocycles. The predicted molar refractivity (Wildman–Crippen MR) is 151 cm³/mol. The number of aryl methyl sites for hydroxylation is 2. The van der Waals surface area contributed by atoms with Gasteiger partial charge in [-0.05, 0) is 91.3 Å². The third-order valence-corrected chi connectivity index (χ3v) is 7.22. The third-order valence-electron chi connectivity index (χ3n) is 7.22. The van der Waals surface area contributed by atoms with E-state index < -0.39 is 5.97 Å². The Balaban J connectivity index is 1.47. The Morgan fingerprint density at radius 1 is 1.00 bits per heavy atom. The van der Waals surface area contributed by atoms with Crippen molar-refractivity contribution in [3.8, 4) is 5.75 Å². The summed E-state index contributed by atoms with van der Waals surface area (Å²) < 4.78 is 7.57. The van der Waals surface area contributed by atoms with Gasteiger partial charge in [0.15, 0.2) is 6.61 Å². The van der Waals surface area contributed by atoms with E-state index in [1.807, 2.05) is 37.3 Å². The minimum atomic E-state index is -0.999. The van der Waals surface area contributed by atoms with Crippen molar-refractivity contribution < 1.29 is 19.4 Å². The third kappa shape index (κ3) is 6.08. The van der Waals surface area contributed by atoms with Gasteiger partial charge in [0, 0.05) is 35.2 Å². The number of nitrogens with one attached hydrogen (secondary N) is 1. The Morgan fingerprint density at radius 3 is 2.50 bits per heavy atom. The molecule has 0 aliphatic heterocycles. The van der Waals surface area contributed by atoms with Crippen molar-refractivity contribution in [2.24, 2.45) is 0 Å². The lowest BCUT2D eigenvalue weighted by Gasteiger charge is -2.13. The number of carbonyl (C=O) groups is 2. The molecule has 0 aliphatic rings. The van der Waals surface area contributed by atoms with Crippen molar-refractivity contribution in [2.45, 2.75) is 53.5 Å². The maximum atomic E-state index is 13.0. The highest BCUT2D eigenvalue weighted by Gasteiger charge is 2.15. The van der Waals surface area contributed by atoms with Crippen molar-refractivity contribution in [3.63, 3.8) is 0 Å². The van der Waals surface area contributed by atoms with E-state index in [1.165, 1.54) is 11.1 Å². The second-order valence-corrected chi connectivity index (χ2v) is 10.2. The lowest BCUT2D eigenvalue weighted by molar-refractivity contribution is -0.139. The van der Waals surface area contributed by atoms with E-state index in [4.69, 9.17) is 9.84 Å². The summed E-state index contributed by atoms with van der Waals surface area (Å²) in [4.78, 5) is 23.7. The number of benzene rings is 3. The Bertz CT molecular complexity index is 1480. The molecule has 6 heteroatoms. The number of hydrogen-bond acceptors (Lipinski definition) is 3. The lowest BCUT2D eigenvalue weighted by Crippen LogP contribution is -2.25. The van der Waals surface area contributed by atoms with Crippen molar-refractivity contribution >= 4 is 22.8 Å². The molecule has 0 aliphatic carbocycles. The van der Waals surface area contributed by atoms with Crippen LogP contribution >= 0.6 is 0 Å². The van der Waals surface area contributed by atoms with Crippen molar-refractivity contribution in [1.29, 1.82) is 0 Å². The topological polar surface area (TPSA) is 80.6 Å². The highest BCUT2D eigenvalue weighted by molar-refractivity contribution is 5.99. The second kappa shape index (κ2) is 11.5. The van der Waals surface area contributed by atoms with E-state index in [2.05, 4.69) is 61.8 Å². The average molecular weight is 513 g/mol. The van der Waals surface area contributed by atoms with Crippen LogP contribution in [0.3, 0.4) is 0 Å². The van der Waals surface area contributed by atoms with E-state index in [0.29, 0.717) is 30.3 Å². The molecule has 6 nitrogen and oxygen atoms in total. The molecular formula is C32H36N2O4. The summed E-state index contributed by atoms with van der Waals surface area (Å²) in [7, 11) is 0. The van der Waals surface area contributed by atoms with Gasteiger partial charge < -0.3 is 19.7 Å². The van der Waals surface area contributed by atoms with E-state index in [9.17, 15) is 9.59 Å². The first-order chi connectivity index (χ1) is 18.1. The number of hydrogen-bond donors (Lipinski definition) is 2. The fourth-order valence-electron chi connectivity index (χ4n) is 4.78. The van der Waals surface area contributed by atoms with Crippen molar-refractivity contribution in [2.75, 3.05) is 13.2 Å². The van der Waals surface area contributed by atoms with Gasteiger partial charge in [-0.1, -0.05) is 44.2 Å². The maximum Gasteiger partial charge on any atom is 0.341 e. The molecule has 4 rings (SSSR count). The molecule has 1 amide bonds. The van der Waals surface area contributed by atoms with Crippen LogP contribution in [0.4, 0.5) is 0 Å². The molecule has 0 bridgehead atoms. The van der Waals surface area contributed by atoms with Crippen LogP contribution in [-0.4, -0.2) is 34.7 Å². The molecule has 198 valence electrons. The number of carboxylic acid groups (broad SMARTS) is 1. The summed E-state index contributed by atoms with van der Waals surface area (Å²) in [6, 6.07) is 20.1. The fraction of sp³-hybridized carbons (Fsp3) is 0.312. The normalized spacial score (nSPS) is 11.2. The zero-order valence-corrected chi connectivity index (χ0v) is 22.8. The zero-order chi connectivity index (χ0) is 27.4. The minimum Gasteiger partial charge on any atom is -0.482 e. The van der Waals surface area contributed by atoms with Gasteiger partial charge >= 0.3 is 5.97 Å². The molecule has 38 heavy (non-hydrogen) atoms. The predicted octanol–water partition coefficient (Wildman–Crippen LogP) is 6.17. The van der Waals surface area contributed by atoms with Crippen LogP contribution in [0, 0.1) is 20.8 Å². The number of ether oxygens (including phenoxy) is 1. The van der Waals surface area contributed by atoms with Gasteiger partial charge in [-0.25, -0.2) is 4.79 Å². The molecule has 4 aromatic rings. The summed E-state index contributed by atoms with van der Waals surface area (Å²) in [5.41, 5.74) is 8.72. The van der Waals surface area contributed by atoms with Crippen molar-refractivity contribution in [1.82, 2.24) is 9.88 Å². The van der Waals surface area contributed by atoms with Gasteiger partial charge in [-0.15, -0.1) is 0 Å². The first-order valence-corrected chi connectivity index (χ1v) is 13.0. The monoisotopic (exact) mass is 512 g/mol. The molecule has 3 aromatic carbocycles. The summed E-state index contributed by atoms with van der Waals surface area (Å²) >= 11 is 0. The number of nitrogens with zero attached hydrogens (tertiary/aromatic N) is 1. The summed E-state index contributed by atoms with van der Waals surface area (Å²) in [6.45, 7) is 11.5. The SMILES string of the molecule is Cc1cc(OCC(=O)O)ccc1Cn1c(C)c(C)c2cc(C(=O)NCCc3cccc(C(C)C)c3)ccc21. The van der Waals surface area contributed by atoms with Gasteiger partial charge in [-0.2, -0.15) is 0 Å². The summed E-state index contributed by atoms with van der Waals surface area (Å²) in [5, 5.41) is 13.0. The number of amides is 1. The van der Waals surface area contributed by atoms with Gasteiger partial charge in [0.1, 0.15) is 5.75 Å². The zero-order valence-electron chi connectivity index (χ0n) is 22.8. The first kappa shape index (κ1) is 27.0. The van der Waals surface area contributed by atoms with Crippen molar-refractivity contribution in [3.05, 3.63) is 99.7 Å². The summed E-state index contributed by atoms with van der Waals surface area (Å²) in [5.74, 6) is -0.0378. The second-order valence-electron chi connectivity index (χ2n) is 10.2. The van der Waals surface area contributed by atoms with E-state index >= 15 is 0 Å². The van der Waals surface area contributed by atoms with Crippen LogP contribution in [0.5, 0.6) is 5.75 Å². The smallest absolute Gasteiger partial charge is 0.341 e. The van der Waals surface area contributed by atoms with Crippen LogP contribution in [0.25, 0.3) is 10.9 Å². The van der Waals surface area contributed by atoms with Crippen LogP contribution < -0.4 is 10.1 Å². The number of carbonyl (C=O) groups excluding carboxylic acids is 1. The lowest BCUT2D eigenvalue weighted by atomic mass is 10.00. The average Bonchev–Trinajstić information content (AvgIpc) is 3.13. The molecule has 1 aromatic heterocycles. The molecule has 0 unspecified atom stereocenters. The van der Waals surface area contributed by atoms with Crippen LogP contribution in [-0.2, 0) is 17.8 Å². The summed E-state index contributed by atoms with van der Waals surface area (Å²) in [6.07, 6.45) is 0.794. The van der Waals surface area contributed by atoms with E-state index in [-0.39, 0.29) is 12.5 Å².